The fourth-order valence-corrected chi connectivity index (χ4v) is 4.22. The molecule has 0 spiro atoms. The van der Waals surface area contributed by atoms with Gasteiger partial charge in [-0.3, -0.25) is 4.98 Å². The van der Waals surface area contributed by atoms with Gasteiger partial charge in [-0.25, -0.2) is 9.97 Å². The molecule has 1 N–H and O–H groups in total. The van der Waals surface area contributed by atoms with Crippen molar-refractivity contribution in [3.63, 3.8) is 0 Å². The van der Waals surface area contributed by atoms with Gasteiger partial charge in [0.25, 0.3) is 0 Å². The number of nitrogens with zero attached hydrogens (tertiary/aromatic N) is 4. The van der Waals surface area contributed by atoms with Crippen molar-refractivity contribution in [2.45, 2.75) is 32.4 Å². The molecular weight excluding hydrogens is 404 g/mol. The van der Waals surface area contributed by atoms with Crippen molar-refractivity contribution in [1.29, 1.82) is 0 Å². The van der Waals surface area contributed by atoms with Crippen molar-refractivity contribution in [3.8, 4) is 16.9 Å². The largest absolute Gasteiger partial charge is 0.506 e. The topological polar surface area (TPSA) is 73.1 Å². The van der Waals surface area contributed by atoms with Crippen molar-refractivity contribution >= 4 is 41.6 Å². The van der Waals surface area contributed by atoms with E-state index in [4.69, 9.17) is 16.3 Å². The fraction of sp³-hybridized carbons (Fsp3) is 0.286. The fourth-order valence-electron chi connectivity index (χ4n) is 3.23. The summed E-state index contributed by atoms with van der Waals surface area (Å²) in [4.78, 5) is 12.8. The first-order valence-corrected chi connectivity index (χ1v) is 13.6. The SMILES string of the molecule is C[Si](C)(C)CCOCn1cc(-c2ccc3ncc(O)cc3c2)c2c(Cl)ncnc21. The molecule has 3 aromatic heterocycles. The van der Waals surface area contributed by atoms with Crippen LogP contribution in [-0.2, 0) is 11.5 Å². The number of rotatable bonds is 6. The summed E-state index contributed by atoms with van der Waals surface area (Å²) < 4.78 is 7.90. The maximum Gasteiger partial charge on any atom is 0.147 e. The zero-order chi connectivity index (χ0) is 20.6. The summed E-state index contributed by atoms with van der Waals surface area (Å²) in [5.74, 6) is 0.134. The quantitative estimate of drug-likeness (QED) is 0.256. The lowest BCUT2D eigenvalue weighted by molar-refractivity contribution is 0.0899. The highest BCUT2D eigenvalue weighted by Gasteiger charge is 2.17. The lowest BCUT2D eigenvalue weighted by Crippen LogP contribution is -2.22. The first-order chi connectivity index (χ1) is 13.8. The van der Waals surface area contributed by atoms with Gasteiger partial charge in [0.15, 0.2) is 0 Å². The predicted octanol–water partition coefficient (Wildman–Crippen LogP) is 5.32. The summed E-state index contributed by atoms with van der Waals surface area (Å²) in [6, 6.07) is 8.70. The molecule has 8 heteroatoms. The Morgan fingerprint density at radius 1 is 1.14 bits per heavy atom. The second-order valence-corrected chi connectivity index (χ2v) is 14.3. The van der Waals surface area contributed by atoms with Crippen LogP contribution in [-0.4, -0.2) is 39.3 Å². The van der Waals surface area contributed by atoms with E-state index in [9.17, 15) is 5.11 Å². The minimum absolute atomic E-state index is 0.134. The molecule has 0 aliphatic heterocycles. The highest BCUT2D eigenvalue weighted by Crippen LogP contribution is 2.35. The van der Waals surface area contributed by atoms with Crippen molar-refractivity contribution in [2.24, 2.45) is 0 Å². The number of halogens is 1. The van der Waals surface area contributed by atoms with E-state index in [1.54, 1.807) is 6.07 Å². The first-order valence-electron chi connectivity index (χ1n) is 9.48. The Morgan fingerprint density at radius 3 is 2.76 bits per heavy atom. The highest BCUT2D eigenvalue weighted by molar-refractivity contribution is 6.76. The second kappa shape index (κ2) is 7.74. The number of aromatic nitrogens is 4. The molecule has 0 unspecified atom stereocenters. The number of benzene rings is 1. The predicted molar refractivity (Wildman–Crippen MR) is 119 cm³/mol. The summed E-state index contributed by atoms with van der Waals surface area (Å²) in [7, 11) is -1.14. The van der Waals surface area contributed by atoms with Gasteiger partial charge < -0.3 is 14.4 Å². The number of hydrogen-bond acceptors (Lipinski definition) is 5. The number of aromatic hydroxyl groups is 1. The molecule has 29 heavy (non-hydrogen) atoms. The van der Waals surface area contributed by atoms with Crippen LogP contribution in [0.25, 0.3) is 33.1 Å². The smallest absolute Gasteiger partial charge is 0.147 e. The number of hydrogen-bond donors (Lipinski definition) is 1. The Morgan fingerprint density at radius 2 is 1.97 bits per heavy atom. The van der Waals surface area contributed by atoms with Gasteiger partial charge in [0.2, 0.25) is 0 Å². The normalized spacial score (nSPS) is 12.1. The molecule has 0 fully saturated rings. The van der Waals surface area contributed by atoms with Crippen LogP contribution in [0.15, 0.2) is 43.0 Å². The van der Waals surface area contributed by atoms with Gasteiger partial charge in [0, 0.05) is 31.8 Å². The Labute approximate surface area is 175 Å². The first kappa shape index (κ1) is 19.8. The number of pyridine rings is 1. The van der Waals surface area contributed by atoms with Crippen molar-refractivity contribution in [3.05, 3.63) is 48.1 Å². The molecule has 0 aliphatic rings. The number of ether oxygens (including phenoxy) is 1. The Hall–Kier alpha value is -2.48. The molecule has 0 saturated carbocycles. The van der Waals surface area contributed by atoms with Gasteiger partial charge >= 0.3 is 0 Å². The molecule has 0 amide bonds. The zero-order valence-corrected chi connectivity index (χ0v) is 18.4. The lowest BCUT2D eigenvalue weighted by Gasteiger charge is -2.15. The van der Waals surface area contributed by atoms with Gasteiger partial charge in [0.05, 0.1) is 17.1 Å². The van der Waals surface area contributed by atoms with E-state index in [-0.39, 0.29) is 5.75 Å². The van der Waals surface area contributed by atoms with Crippen LogP contribution in [0.1, 0.15) is 0 Å². The molecule has 0 saturated heterocycles. The van der Waals surface area contributed by atoms with Crippen molar-refractivity contribution < 1.29 is 9.84 Å². The summed E-state index contributed by atoms with van der Waals surface area (Å²) in [6.45, 7) is 8.13. The third kappa shape index (κ3) is 4.27. The third-order valence-corrected chi connectivity index (χ3v) is 6.80. The Balaban J connectivity index is 1.73. The zero-order valence-electron chi connectivity index (χ0n) is 16.7. The van der Waals surface area contributed by atoms with Gasteiger partial charge in [-0.1, -0.05) is 37.3 Å². The highest BCUT2D eigenvalue weighted by atomic mass is 35.5. The van der Waals surface area contributed by atoms with Crippen LogP contribution >= 0.6 is 11.6 Å². The maximum atomic E-state index is 9.77. The Bertz CT molecular complexity index is 1190. The van der Waals surface area contributed by atoms with E-state index >= 15 is 0 Å². The van der Waals surface area contributed by atoms with E-state index in [0.717, 1.165) is 45.7 Å². The summed E-state index contributed by atoms with van der Waals surface area (Å²) >= 11 is 6.44. The van der Waals surface area contributed by atoms with Crippen LogP contribution < -0.4 is 0 Å². The third-order valence-electron chi connectivity index (χ3n) is 4.81. The van der Waals surface area contributed by atoms with Crippen LogP contribution in [0, 0.1) is 0 Å². The standard InChI is InChI=1S/C21H23ClN4O2Si/c1-29(2,3)7-6-28-13-26-11-17(19-20(22)24-12-25-21(19)26)14-4-5-18-15(8-14)9-16(27)10-23-18/h4-5,8-12,27H,6-7,13H2,1-3H3. The lowest BCUT2D eigenvalue weighted by atomic mass is 10.0. The maximum absolute atomic E-state index is 9.77. The molecule has 1 aromatic carbocycles. The van der Waals surface area contributed by atoms with E-state index in [1.807, 2.05) is 29.0 Å². The minimum Gasteiger partial charge on any atom is -0.506 e. The second-order valence-electron chi connectivity index (χ2n) is 8.32. The monoisotopic (exact) mass is 426 g/mol. The van der Waals surface area contributed by atoms with Crippen molar-refractivity contribution in [1.82, 2.24) is 19.5 Å². The van der Waals surface area contributed by atoms with Crippen LogP contribution in [0.3, 0.4) is 0 Å². The molecule has 0 atom stereocenters. The number of fused-ring (bicyclic) bond motifs is 2. The molecule has 3 heterocycles. The minimum atomic E-state index is -1.14. The molecule has 0 bridgehead atoms. The molecule has 4 rings (SSSR count). The molecule has 0 aliphatic carbocycles. The molecule has 0 radical (unpaired) electrons. The van der Waals surface area contributed by atoms with Crippen LogP contribution in [0.4, 0.5) is 0 Å². The average Bonchev–Trinajstić information content (AvgIpc) is 3.04. The van der Waals surface area contributed by atoms with E-state index in [0.29, 0.717) is 11.9 Å². The average molecular weight is 427 g/mol. The van der Waals surface area contributed by atoms with E-state index in [2.05, 4.69) is 34.6 Å². The molecular formula is C21H23ClN4O2Si. The van der Waals surface area contributed by atoms with Crippen molar-refractivity contribution in [2.75, 3.05) is 6.61 Å². The molecule has 150 valence electrons. The summed E-state index contributed by atoms with van der Waals surface area (Å²) in [6.07, 6.45) is 4.91. The van der Waals surface area contributed by atoms with Gasteiger partial charge in [-0.2, -0.15) is 0 Å². The van der Waals surface area contributed by atoms with Crippen LogP contribution in [0.2, 0.25) is 30.8 Å². The summed E-state index contributed by atoms with van der Waals surface area (Å²) in [5.41, 5.74) is 3.42. The summed E-state index contributed by atoms with van der Waals surface area (Å²) in [5, 5.41) is 11.8. The van der Waals surface area contributed by atoms with Gasteiger partial charge in [-0.15, -0.1) is 0 Å². The van der Waals surface area contributed by atoms with Gasteiger partial charge in [-0.05, 0) is 29.8 Å². The van der Waals surface area contributed by atoms with E-state index in [1.165, 1.54) is 12.5 Å². The Kier molecular flexibility index (Phi) is 5.29. The van der Waals surface area contributed by atoms with Crippen LogP contribution in [0.5, 0.6) is 5.75 Å². The van der Waals surface area contributed by atoms with Gasteiger partial charge in [0.1, 0.15) is 29.6 Å². The molecule has 6 nitrogen and oxygen atoms in total. The van der Waals surface area contributed by atoms with E-state index < -0.39 is 8.07 Å². The molecule has 4 aromatic rings.